The summed E-state index contributed by atoms with van der Waals surface area (Å²) >= 11 is 3.30. The third-order valence-electron chi connectivity index (χ3n) is 2.67. The van der Waals surface area contributed by atoms with Gasteiger partial charge in [0.25, 0.3) is 0 Å². The van der Waals surface area contributed by atoms with Crippen molar-refractivity contribution in [2.45, 2.75) is 19.5 Å². The first-order valence-electron chi connectivity index (χ1n) is 6.36. The number of nitrogens with zero attached hydrogens (tertiary/aromatic N) is 2. The minimum atomic E-state index is -4.51. The number of halogens is 4. The van der Waals surface area contributed by atoms with Crippen molar-refractivity contribution >= 4 is 21.9 Å². The first-order chi connectivity index (χ1) is 9.90. The third-order valence-corrected chi connectivity index (χ3v) is 3.16. The van der Waals surface area contributed by atoms with Gasteiger partial charge < -0.3 is 5.32 Å². The molecule has 1 heterocycles. The number of aromatic nitrogens is 2. The van der Waals surface area contributed by atoms with E-state index in [1.165, 1.54) is 0 Å². The molecule has 0 atom stereocenters. The Morgan fingerprint density at radius 1 is 1.19 bits per heavy atom. The van der Waals surface area contributed by atoms with E-state index in [1.807, 2.05) is 6.92 Å². The van der Waals surface area contributed by atoms with Crippen LogP contribution >= 0.6 is 15.9 Å². The largest absolute Gasteiger partial charge is 0.433 e. The molecule has 2 aromatic rings. The SMILES string of the molecule is CCCNc1nc(-c2cccc(Br)c2)cc(C(F)(F)F)n1. The molecule has 2 rings (SSSR count). The first-order valence-corrected chi connectivity index (χ1v) is 7.15. The Balaban J connectivity index is 2.49. The highest BCUT2D eigenvalue weighted by Gasteiger charge is 2.33. The second-order valence-electron chi connectivity index (χ2n) is 4.40. The van der Waals surface area contributed by atoms with E-state index in [1.54, 1.807) is 24.3 Å². The van der Waals surface area contributed by atoms with E-state index in [9.17, 15) is 13.2 Å². The van der Waals surface area contributed by atoms with Crippen LogP contribution in [0, 0.1) is 0 Å². The van der Waals surface area contributed by atoms with Gasteiger partial charge in [0.15, 0.2) is 5.69 Å². The van der Waals surface area contributed by atoms with Crippen molar-refractivity contribution < 1.29 is 13.2 Å². The van der Waals surface area contributed by atoms with Crippen molar-refractivity contribution in [3.63, 3.8) is 0 Å². The van der Waals surface area contributed by atoms with Crippen molar-refractivity contribution in [2.75, 3.05) is 11.9 Å². The lowest BCUT2D eigenvalue weighted by atomic mass is 10.1. The molecule has 0 unspecified atom stereocenters. The fourth-order valence-corrected chi connectivity index (χ4v) is 2.10. The van der Waals surface area contributed by atoms with E-state index in [2.05, 4.69) is 31.2 Å². The average molecular weight is 360 g/mol. The second kappa shape index (κ2) is 6.43. The van der Waals surface area contributed by atoms with Crippen LogP contribution in [0.25, 0.3) is 11.3 Å². The summed E-state index contributed by atoms with van der Waals surface area (Å²) in [7, 11) is 0. The number of alkyl halides is 3. The summed E-state index contributed by atoms with van der Waals surface area (Å²) in [5.41, 5.74) is -0.125. The predicted molar refractivity (Wildman–Crippen MR) is 79.0 cm³/mol. The number of benzene rings is 1. The number of nitrogens with one attached hydrogen (secondary N) is 1. The van der Waals surface area contributed by atoms with E-state index in [0.717, 1.165) is 17.0 Å². The molecule has 1 aromatic heterocycles. The molecule has 0 aliphatic carbocycles. The number of anilines is 1. The van der Waals surface area contributed by atoms with E-state index >= 15 is 0 Å². The molecule has 1 N–H and O–H groups in total. The van der Waals surface area contributed by atoms with Crippen molar-refractivity contribution in [1.82, 2.24) is 9.97 Å². The highest BCUT2D eigenvalue weighted by molar-refractivity contribution is 9.10. The summed E-state index contributed by atoms with van der Waals surface area (Å²) in [6.07, 6.45) is -3.74. The Kier molecular flexibility index (Phi) is 4.82. The van der Waals surface area contributed by atoms with Crippen LogP contribution in [0.4, 0.5) is 19.1 Å². The molecular weight excluding hydrogens is 347 g/mol. The van der Waals surface area contributed by atoms with Crippen LogP contribution in [-0.4, -0.2) is 16.5 Å². The maximum absolute atomic E-state index is 12.9. The van der Waals surface area contributed by atoms with Crippen LogP contribution in [0.3, 0.4) is 0 Å². The second-order valence-corrected chi connectivity index (χ2v) is 5.31. The van der Waals surface area contributed by atoms with Gasteiger partial charge in [-0.1, -0.05) is 35.0 Å². The summed E-state index contributed by atoms with van der Waals surface area (Å²) in [6.45, 7) is 2.43. The van der Waals surface area contributed by atoms with Crippen molar-refractivity contribution in [1.29, 1.82) is 0 Å². The zero-order chi connectivity index (χ0) is 15.5. The molecule has 0 fully saturated rings. The van der Waals surface area contributed by atoms with Gasteiger partial charge in [0, 0.05) is 16.6 Å². The zero-order valence-corrected chi connectivity index (χ0v) is 12.8. The molecule has 1 aromatic carbocycles. The maximum Gasteiger partial charge on any atom is 0.433 e. The van der Waals surface area contributed by atoms with Gasteiger partial charge in [-0.2, -0.15) is 13.2 Å². The van der Waals surface area contributed by atoms with Crippen LogP contribution in [-0.2, 0) is 6.18 Å². The Hall–Kier alpha value is -1.63. The van der Waals surface area contributed by atoms with Crippen molar-refractivity contribution in [2.24, 2.45) is 0 Å². The van der Waals surface area contributed by atoms with Crippen LogP contribution < -0.4 is 5.32 Å². The Morgan fingerprint density at radius 3 is 2.57 bits per heavy atom. The molecule has 0 aliphatic heterocycles. The van der Waals surface area contributed by atoms with Crippen molar-refractivity contribution in [3.8, 4) is 11.3 Å². The van der Waals surface area contributed by atoms with E-state index in [0.29, 0.717) is 12.1 Å². The lowest BCUT2D eigenvalue weighted by Gasteiger charge is -2.11. The van der Waals surface area contributed by atoms with Crippen LogP contribution in [0.2, 0.25) is 0 Å². The Morgan fingerprint density at radius 2 is 1.95 bits per heavy atom. The average Bonchev–Trinajstić information content (AvgIpc) is 2.44. The highest BCUT2D eigenvalue weighted by atomic mass is 79.9. The molecule has 0 saturated heterocycles. The molecule has 0 radical (unpaired) electrons. The fourth-order valence-electron chi connectivity index (χ4n) is 1.70. The molecule has 112 valence electrons. The quantitative estimate of drug-likeness (QED) is 0.855. The summed E-state index contributed by atoms with van der Waals surface area (Å²) in [5, 5.41) is 2.80. The number of hydrogen-bond donors (Lipinski definition) is 1. The number of hydrogen-bond acceptors (Lipinski definition) is 3. The molecule has 0 amide bonds. The van der Waals surface area contributed by atoms with Gasteiger partial charge >= 0.3 is 6.18 Å². The minimum Gasteiger partial charge on any atom is -0.354 e. The molecule has 21 heavy (non-hydrogen) atoms. The molecule has 3 nitrogen and oxygen atoms in total. The molecule has 0 saturated carbocycles. The number of rotatable bonds is 4. The van der Waals surface area contributed by atoms with E-state index < -0.39 is 11.9 Å². The highest BCUT2D eigenvalue weighted by Crippen LogP contribution is 2.31. The van der Waals surface area contributed by atoms with Crippen LogP contribution in [0.5, 0.6) is 0 Å². The van der Waals surface area contributed by atoms with Gasteiger partial charge in [0.1, 0.15) is 0 Å². The van der Waals surface area contributed by atoms with Gasteiger partial charge in [-0.25, -0.2) is 9.97 Å². The van der Waals surface area contributed by atoms with E-state index in [4.69, 9.17) is 0 Å². The Bertz CT molecular complexity index is 629. The lowest BCUT2D eigenvalue weighted by molar-refractivity contribution is -0.141. The normalized spacial score (nSPS) is 11.5. The van der Waals surface area contributed by atoms with Gasteiger partial charge in [0.2, 0.25) is 5.95 Å². The molecule has 0 spiro atoms. The molecular formula is C14H13BrF3N3. The molecule has 0 aliphatic rings. The van der Waals surface area contributed by atoms with Gasteiger partial charge in [-0.15, -0.1) is 0 Å². The van der Waals surface area contributed by atoms with E-state index in [-0.39, 0.29) is 11.6 Å². The van der Waals surface area contributed by atoms with Gasteiger partial charge in [-0.3, -0.25) is 0 Å². The standard InChI is InChI=1S/C14H13BrF3N3/c1-2-6-19-13-20-11(8-12(21-13)14(16,17)18)9-4-3-5-10(15)7-9/h3-5,7-8H,2,6H2,1H3,(H,19,20,21). The molecule has 0 bridgehead atoms. The maximum atomic E-state index is 12.9. The molecule has 7 heteroatoms. The first kappa shape index (κ1) is 15.8. The lowest BCUT2D eigenvalue weighted by Crippen LogP contribution is -2.13. The fraction of sp³-hybridized carbons (Fsp3) is 0.286. The van der Waals surface area contributed by atoms with Crippen molar-refractivity contribution in [3.05, 3.63) is 40.5 Å². The topological polar surface area (TPSA) is 37.8 Å². The van der Waals surface area contributed by atoms with Gasteiger partial charge in [-0.05, 0) is 24.6 Å². The smallest absolute Gasteiger partial charge is 0.354 e. The summed E-state index contributed by atoms with van der Waals surface area (Å²) in [4.78, 5) is 7.68. The summed E-state index contributed by atoms with van der Waals surface area (Å²) in [6, 6.07) is 7.92. The minimum absolute atomic E-state index is 0.0124. The summed E-state index contributed by atoms with van der Waals surface area (Å²) < 4.78 is 39.6. The predicted octanol–water partition coefficient (Wildman–Crippen LogP) is 4.75. The third kappa shape index (κ3) is 4.17. The van der Waals surface area contributed by atoms with Crippen LogP contribution in [0.1, 0.15) is 19.0 Å². The zero-order valence-electron chi connectivity index (χ0n) is 11.2. The monoisotopic (exact) mass is 359 g/mol. The Labute approximate surface area is 128 Å². The van der Waals surface area contributed by atoms with Crippen LogP contribution in [0.15, 0.2) is 34.8 Å². The van der Waals surface area contributed by atoms with Gasteiger partial charge in [0.05, 0.1) is 5.69 Å². The summed E-state index contributed by atoms with van der Waals surface area (Å²) in [5.74, 6) is -0.0124.